The summed E-state index contributed by atoms with van der Waals surface area (Å²) in [6.07, 6.45) is 1.06. The van der Waals surface area contributed by atoms with Crippen LogP contribution in [0.2, 0.25) is 0 Å². The Morgan fingerprint density at radius 2 is 2.24 bits per heavy atom. The lowest BCUT2D eigenvalue weighted by Gasteiger charge is -2.17. The predicted molar refractivity (Wildman–Crippen MR) is 66.8 cm³/mol. The van der Waals surface area contributed by atoms with Crippen molar-refractivity contribution >= 4 is 6.02 Å². The largest absolute Gasteiger partial charge is 0.463 e. The van der Waals surface area contributed by atoms with Crippen molar-refractivity contribution in [3.63, 3.8) is 0 Å². The Labute approximate surface area is 101 Å². The fourth-order valence-electron chi connectivity index (χ4n) is 1.87. The topological polar surface area (TPSA) is 56.8 Å². The van der Waals surface area contributed by atoms with E-state index in [1.165, 1.54) is 5.56 Å². The molecule has 2 N–H and O–H groups in total. The van der Waals surface area contributed by atoms with E-state index in [1.807, 2.05) is 18.2 Å². The van der Waals surface area contributed by atoms with E-state index in [1.54, 1.807) is 0 Å². The molecule has 4 nitrogen and oxygen atoms in total. The second kappa shape index (κ2) is 5.68. The standard InChI is InChI=1S/C13H18N2O2/c1-2-12(10-6-4-3-5-7-10)16-8-11-9-17-13(14)15-11/h3-7,11-12H,2,8-9H2,1H3,(H2,14,15)/t11-,12+/m0/s1. The maximum atomic E-state index is 5.87. The molecule has 0 saturated carbocycles. The molecular formula is C13H18N2O2. The number of nitrogens with zero attached hydrogens (tertiary/aromatic N) is 1. The summed E-state index contributed by atoms with van der Waals surface area (Å²) in [7, 11) is 0. The lowest BCUT2D eigenvalue weighted by atomic mass is 10.1. The first-order valence-electron chi connectivity index (χ1n) is 5.92. The van der Waals surface area contributed by atoms with Crippen LogP contribution in [0, 0.1) is 0 Å². The number of amidine groups is 1. The highest BCUT2D eigenvalue weighted by Gasteiger charge is 2.19. The van der Waals surface area contributed by atoms with Gasteiger partial charge in [0.2, 0.25) is 0 Å². The minimum absolute atomic E-state index is 0.0350. The third-order valence-corrected chi connectivity index (χ3v) is 2.77. The number of benzene rings is 1. The molecule has 1 aliphatic heterocycles. The summed E-state index contributed by atoms with van der Waals surface area (Å²) < 4.78 is 11.0. The Bertz CT molecular complexity index is 378. The van der Waals surface area contributed by atoms with Gasteiger partial charge in [-0.25, -0.2) is 4.99 Å². The van der Waals surface area contributed by atoms with Gasteiger partial charge in [-0.05, 0) is 12.0 Å². The zero-order valence-electron chi connectivity index (χ0n) is 10.0. The Kier molecular flexibility index (Phi) is 3.98. The van der Waals surface area contributed by atoms with Crippen LogP contribution in [0.15, 0.2) is 35.3 Å². The van der Waals surface area contributed by atoms with E-state index < -0.39 is 0 Å². The summed E-state index contributed by atoms with van der Waals surface area (Å²) >= 11 is 0. The van der Waals surface area contributed by atoms with Crippen LogP contribution in [-0.4, -0.2) is 25.3 Å². The van der Waals surface area contributed by atoms with Crippen LogP contribution in [0.25, 0.3) is 0 Å². The highest BCUT2D eigenvalue weighted by molar-refractivity contribution is 5.73. The summed E-state index contributed by atoms with van der Waals surface area (Å²) in [5, 5.41) is 0. The molecule has 0 amide bonds. The van der Waals surface area contributed by atoms with E-state index in [2.05, 4.69) is 24.0 Å². The van der Waals surface area contributed by atoms with Gasteiger partial charge in [-0.15, -0.1) is 0 Å². The molecule has 0 fully saturated rings. The second-order valence-electron chi connectivity index (χ2n) is 4.07. The third-order valence-electron chi connectivity index (χ3n) is 2.77. The van der Waals surface area contributed by atoms with Crippen molar-refractivity contribution < 1.29 is 9.47 Å². The molecule has 0 unspecified atom stereocenters. The molecule has 1 aromatic carbocycles. The van der Waals surface area contributed by atoms with Gasteiger partial charge in [-0.1, -0.05) is 37.3 Å². The summed E-state index contributed by atoms with van der Waals surface area (Å²) in [6, 6.07) is 10.5. The van der Waals surface area contributed by atoms with Crippen LogP contribution in [0.4, 0.5) is 0 Å². The molecule has 17 heavy (non-hydrogen) atoms. The fraction of sp³-hybridized carbons (Fsp3) is 0.462. The molecule has 0 saturated heterocycles. The Hall–Kier alpha value is -1.55. The minimum Gasteiger partial charge on any atom is -0.463 e. The molecule has 0 aromatic heterocycles. The average molecular weight is 234 g/mol. The Morgan fingerprint density at radius 3 is 2.82 bits per heavy atom. The zero-order valence-corrected chi connectivity index (χ0v) is 10.0. The number of ether oxygens (including phenoxy) is 2. The number of hydrogen-bond donors (Lipinski definition) is 1. The molecule has 1 heterocycles. The van der Waals surface area contributed by atoms with Crippen molar-refractivity contribution in [2.45, 2.75) is 25.5 Å². The van der Waals surface area contributed by atoms with Gasteiger partial charge in [0.1, 0.15) is 12.6 Å². The molecule has 0 bridgehead atoms. The van der Waals surface area contributed by atoms with Crippen molar-refractivity contribution in [2.24, 2.45) is 10.7 Å². The predicted octanol–water partition coefficient (Wildman–Crippen LogP) is 1.87. The number of nitrogens with two attached hydrogens (primary N) is 1. The first-order valence-corrected chi connectivity index (χ1v) is 5.92. The maximum Gasteiger partial charge on any atom is 0.282 e. The van der Waals surface area contributed by atoms with E-state index >= 15 is 0 Å². The van der Waals surface area contributed by atoms with Gasteiger partial charge < -0.3 is 15.2 Å². The van der Waals surface area contributed by atoms with E-state index in [9.17, 15) is 0 Å². The molecule has 2 rings (SSSR count). The van der Waals surface area contributed by atoms with Crippen LogP contribution in [0.5, 0.6) is 0 Å². The van der Waals surface area contributed by atoms with Crippen LogP contribution < -0.4 is 5.73 Å². The highest BCUT2D eigenvalue weighted by atomic mass is 16.5. The zero-order chi connectivity index (χ0) is 12.1. The van der Waals surface area contributed by atoms with Crippen LogP contribution >= 0.6 is 0 Å². The van der Waals surface area contributed by atoms with Gasteiger partial charge in [0, 0.05) is 0 Å². The van der Waals surface area contributed by atoms with Gasteiger partial charge in [0.15, 0.2) is 0 Å². The first-order chi connectivity index (χ1) is 8.29. The quantitative estimate of drug-likeness (QED) is 0.846. The van der Waals surface area contributed by atoms with Crippen molar-refractivity contribution in [2.75, 3.05) is 13.2 Å². The van der Waals surface area contributed by atoms with Gasteiger partial charge in [-0.2, -0.15) is 0 Å². The lowest BCUT2D eigenvalue weighted by Crippen LogP contribution is -2.17. The summed E-state index contributed by atoms with van der Waals surface area (Å²) in [4.78, 5) is 4.14. The van der Waals surface area contributed by atoms with E-state index in [-0.39, 0.29) is 18.2 Å². The van der Waals surface area contributed by atoms with E-state index in [0.717, 1.165) is 6.42 Å². The molecule has 0 spiro atoms. The van der Waals surface area contributed by atoms with E-state index in [0.29, 0.717) is 13.2 Å². The van der Waals surface area contributed by atoms with Crippen molar-refractivity contribution in [1.29, 1.82) is 0 Å². The van der Waals surface area contributed by atoms with Crippen LogP contribution in [0.1, 0.15) is 25.0 Å². The first kappa shape index (κ1) is 11.9. The molecule has 0 aliphatic carbocycles. The number of hydrogen-bond acceptors (Lipinski definition) is 4. The Morgan fingerprint density at radius 1 is 1.47 bits per heavy atom. The van der Waals surface area contributed by atoms with Crippen molar-refractivity contribution in [1.82, 2.24) is 0 Å². The van der Waals surface area contributed by atoms with E-state index in [4.69, 9.17) is 15.2 Å². The molecule has 0 radical (unpaired) electrons. The van der Waals surface area contributed by atoms with Gasteiger partial charge in [-0.3, -0.25) is 0 Å². The second-order valence-corrected chi connectivity index (χ2v) is 4.07. The lowest BCUT2D eigenvalue weighted by molar-refractivity contribution is 0.0374. The van der Waals surface area contributed by atoms with Crippen molar-refractivity contribution in [3.05, 3.63) is 35.9 Å². The van der Waals surface area contributed by atoms with Crippen LogP contribution in [0.3, 0.4) is 0 Å². The summed E-state index contributed by atoms with van der Waals surface area (Å²) in [5.41, 5.74) is 6.65. The fourth-order valence-corrected chi connectivity index (χ4v) is 1.87. The maximum absolute atomic E-state index is 5.87. The minimum atomic E-state index is 0.0350. The average Bonchev–Trinajstić information content (AvgIpc) is 2.77. The normalized spacial score (nSPS) is 20.8. The monoisotopic (exact) mass is 234 g/mol. The molecular weight excluding hydrogens is 216 g/mol. The molecule has 1 aliphatic rings. The Balaban J connectivity index is 1.88. The summed E-state index contributed by atoms with van der Waals surface area (Å²) in [6.45, 7) is 3.19. The molecule has 1 aromatic rings. The van der Waals surface area contributed by atoms with Gasteiger partial charge >= 0.3 is 0 Å². The number of aliphatic imine (C=N–C) groups is 1. The third kappa shape index (κ3) is 3.20. The SMILES string of the molecule is CC[C@@H](OC[C@H]1COC(N)=N1)c1ccccc1. The van der Waals surface area contributed by atoms with Gasteiger partial charge in [0.05, 0.1) is 12.7 Å². The van der Waals surface area contributed by atoms with Crippen LogP contribution in [-0.2, 0) is 9.47 Å². The summed E-state index contributed by atoms with van der Waals surface area (Å²) in [5.74, 6) is 0. The highest BCUT2D eigenvalue weighted by Crippen LogP contribution is 2.21. The van der Waals surface area contributed by atoms with Crippen molar-refractivity contribution in [3.8, 4) is 0 Å². The van der Waals surface area contributed by atoms with Gasteiger partial charge in [0.25, 0.3) is 6.02 Å². The number of rotatable bonds is 5. The molecule has 92 valence electrons. The smallest absolute Gasteiger partial charge is 0.282 e. The molecule has 4 heteroatoms. The molecule has 2 atom stereocenters.